The molecule has 0 saturated heterocycles. The molecule has 0 rings (SSSR count). The maximum absolute atomic E-state index is 10.6. The van der Waals surface area contributed by atoms with Crippen LogP contribution in [0.3, 0.4) is 0 Å². The van der Waals surface area contributed by atoms with E-state index < -0.39 is 37.3 Å². The van der Waals surface area contributed by atoms with Gasteiger partial charge in [0.1, 0.15) is 12.2 Å². The minimum absolute atomic E-state index is 0.422. The summed E-state index contributed by atoms with van der Waals surface area (Å²) in [7, 11) is 1.14. The molecule has 0 aliphatic carbocycles. The van der Waals surface area contributed by atoms with E-state index in [9.17, 15) is 4.79 Å². The smallest absolute Gasteiger partial charge is 0.308 e. The first kappa shape index (κ1) is 12.3. The van der Waals surface area contributed by atoms with E-state index in [-0.39, 0.29) is 0 Å². The number of hydrogen-bond donors (Lipinski definition) is 4. The van der Waals surface area contributed by atoms with Gasteiger partial charge in [-0.15, -0.1) is 0 Å². The Balaban J connectivity index is 3.95. The highest BCUT2D eigenvalue weighted by atomic mass is 16.5. The second kappa shape index (κ2) is 5.87. The minimum atomic E-state index is -1.55. The Bertz CT molecular complexity index is 159. The molecule has 6 nitrogen and oxygen atoms in total. The molecule has 0 bridgehead atoms. The second-order valence-electron chi connectivity index (χ2n) is 2.59. The number of hydrogen-bond acceptors (Lipinski definition) is 6. The van der Waals surface area contributed by atoms with Gasteiger partial charge in [-0.25, -0.2) is 0 Å². The number of carbonyl (C=O) groups is 1. The average Bonchev–Trinajstić information content (AvgIpc) is 2.14. The van der Waals surface area contributed by atoms with E-state index in [4.69, 9.17) is 20.4 Å². The van der Waals surface area contributed by atoms with Gasteiger partial charge in [0.15, 0.2) is 0 Å². The molecule has 13 heavy (non-hydrogen) atoms. The van der Waals surface area contributed by atoms with Gasteiger partial charge >= 0.3 is 5.97 Å². The topological polar surface area (TPSA) is 107 Å². The van der Waals surface area contributed by atoms with Crippen molar-refractivity contribution in [1.82, 2.24) is 0 Å². The standard InChI is InChI=1S/C7H14O6/c1-13-6(11)2-4(9)7(12)5(10)3-8/h4-5,7-10,12H,2-3H2,1H3. The summed E-state index contributed by atoms with van der Waals surface area (Å²) >= 11 is 0. The van der Waals surface area contributed by atoms with Gasteiger partial charge in [0, 0.05) is 0 Å². The van der Waals surface area contributed by atoms with E-state index in [1.54, 1.807) is 0 Å². The maximum atomic E-state index is 10.6. The Morgan fingerprint density at radius 2 is 1.85 bits per heavy atom. The Labute approximate surface area is 75.4 Å². The third-order valence-corrected chi connectivity index (χ3v) is 1.58. The summed E-state index contributed by atoms with van der Waals surface area (Å²) in [6, 6.07) is 0. The average molecular weight is 194 g/mol. The SMILES string of the molecule is COC(=O)CC(O)C(O)C(O)CO. The lowest BCUT2D eigenvalue weighted by molar-refractivity contribution is -0.147. The van der Waals surface area contributed by atoms with Crippen LogP contribution in [0.1, 0.15) is 6.42 Å². The molecule has 3 atom stereocenters. The van der Waals surface area contributed by atoms with Crippen molar-refractivity contribution in [2.75, 3.05) is 13.7 Å². The van der Waals surface area contributed by atoms with Crippen LogP contribution in [-0.2, 0) is 9.53 Å². The van der Waals surface area contributed by atoms with Crippen LogP contribution in [0.4, 0.5) is 0 Å². The Hall–Kier alpha value is -0.690. The van der Waals surface area contributed by atoms with E-state index in [2.05, 4.69) is 4.74 Å². The van der Waals surface area contributed by atoms with E-state index in [1.165, 1.54) is 0 Å². The Kier molecular flexibility index (Phi) is 5.56. The molecule has 0 aliphatic rings. The monoisotopic (exact) mass is 194 g/mol. The number of esters is 1. The Morgan fingerprint density at radius 1 is 1.31 bits per heavy atom. The summed E-state index contributed by atoms with van der Waals surface area (Å²) in [6.07, 6.45) is -4.87. The van der Waals surface area contributed by atoms with Gasteiger partial charge in [-0.3, -0.25) is 4.79 Å². The molecular weight excluding hydrogens is 180 g/mol. The van der Waals surface area contributed by atoms with Gasteiger partial charge in [-0.1, -0.05) is 0 Å². The minimum Gasteiger partial charge on any atom is -0.469 e. The molecule has 0 saturated carbocycles. The second-order valence-corrected chi connectivity index (χ2v) is 2.59. The number of methoxy groups -OCH3 is 1. The summed E-state index contributed by atoms with van der Waals surface area (Å²) in [5.74, 6) is -0.698. The van der Waals surface area contributed by atoms with Crippen molar-refractivity contribution >= 4 is 5.97 Å². The van der Waals surface area contributed by atoms with Crippen molar-refractivity contribution in [3.63, 3.8) is 0 Å². The quantitative estimate of drug-likeness (QED) is 0.364. The Morgan fingerprint density at radius 3 is 2.23 bits per heavy atom. The van der Waals surface area contributed by atoms with Crippen molar-refractivity contribution in [2.45, 2.75) is 24.7 Å². The summed E-state index contributed by atoms with van der Waals surface area (Å²) in [5, 5.41) is 35.4. The first-order valence-corrected chi connectivity index (χ1v) is 3.74. The lowest BCUT2D eigenvalue weighted by Gasteiger charge is -2.20. The molecule has 0 amide bonds. The molecule has 78 valence electrons. The molecule has 4 N–H and O–H groups in total. The van der Waals surface area contributed by atoms with E-state index in [0.29, 0.717) is 0 Å². The van der Waals surface area contributed by atoms with Crippen LogP contribution in [0, 0.1) is 0 Å². The van der Waals surface area contributed by atoms with Crippen LogP contribution in [0.2, 0.25) is 0 Å². The van der Waals surface area contributed by atoms with Crippen molar-refractivity contribution in [2.24, 2.45) is 0 Å². The molecule has 0 aromatic heterocycles. The van der Waals surface area contributed by atoms with Gasteiger partial charge in [0.05, 0.1) is 26.2 Å². The van der Waals surface area contributed by atoms with Crippen LogP contribution in [0.5, 0.6) is 0 Å². The van der Waals surface area contributed by atoms with E-state index in [1.807, 2.05) is 0 Å². The van der Waals surface area contributed by atoms with Crippen LogP contribution in [-0.4, -0.2) is 58.4 Å². The number of aliphatic hydroxyl groups excluding tert-OH is 4. The molecule has 0 radical (unpaired) electrons. The third-order valence-electron chi connectivity index (χ3n) is 1.58. The van der Waals surface area contributed by atoms with Gasteiger partial charge < -0.3 is 25.2 Å². The summed E-state index contributed by atoms with van der Waals surface area (Å²) in [6.45, 7) is -0.681. The normalized spacial score (nSPS) is 17.6. The number of carbonyl (C=O) groups excluding carboxylic acids is 1. The van der Waals surface area contributed by atoms with Gasteiger partial charge in [0.2, 0.25) is 0 Å². The van der Waals surface area contributed by atoms with E-state index >= 15 is 0 Å². The first-order chi connectivity index (χ1) is 6.02. The molecule has 3 unspecified atom stereocenters. The highest BCUT2D eigenvalue weighted by Gasteiger charge is 2.26. The zero-order valence-corrected chi connectivity index (χ0v) is 7.25. The predicted molar refractivity (Wildman–Crippen MR) is 41.7 cm³/mol. The third kappa shape index (κ3) is 4.18. The van der Waals surface area contributed by atoms with Crippen LogP contribution < -0.4 is 0 Å². The number of rotatable bonds is 5. The zero-order valence-electron chi connectivity index (χ0n) is 7.25. The highest BCUT2D eigenvalue weighted by Crippen LogP contribution is 2.04. The fourth-order valence-corrected chi connectivity index (χ4v) is 0.739. The first-order valence-electron chi connectivity index (χ1n) is 3.74. The molecule has 0 aromatic carbocycles. The summed E-state index contributed by atoms with van der Waals surface area (Å²) in [4.78, 5) is 10.6. The predicted octanol–water partition coefficient (Wildman–Crippen LogP) is -2.38. The van der Waals surface area contributed by atoms with Crippen LogP contribution >= 0.6 is 0 Å². The van der Waals surface area contributed by atoms with Crippen molar-refractivity contribution in [1.29, 1.82) is 0 Å². The lowest BCUT2D eigenvalue weighted by atomic mass is 10.1. The van der Waals surface area contributed by atoms with Crippen LogP contribution in [0.25, 0.3) is 0 Å². The maximum Gasteiger partial charge on any atom is 0.308 e. The fourth-order valence-electron chi connectivity index (χ4n) is 0.739. The van der Waals surface area contributed by atoms with E-state index in [0.717, 1.165) is 7.11 Å². The van der Waals surface area contributed by atoms with Crippen molar-refractivity contribution < 1.29 is 30.0 Å². The van der Waals surface area contributed by atoms with Crippen molar-refractivity contribution in [3.8, 4) is 0 Å². The summed E-state index contributed by atoms with van der Waals surface area (Å²) in [5.41, 5.74) is 0. The zero-order chi connectivity index (χ0) is 10.4. The molecule has 0 aromatic rings. The lowest BCUT2D eigenvalue weighted by Crippen LogP contribution is -2.40. The molecule has 0 fully saturated rings. The largest absolute Gasteiger partial charge is 0.469 e. The number of ether oxygens (including phenoxy) is 1. The molecule has 6 heteroatoms. The van der Waals surface area contributed by atoms with Gasteiger partial charge in [-0.05, 0) is 0 Å². The molecule has 0 heterocycles. The van der Waals surface area contributed by atoms with Gasteiger partial charge in [-0.2, -0.15) is 0 Å². The highest BCUT2D eigenvalue weighted by molar-refractivity contribution is 5.69. The van der Waals surface area contributed by atoms with Crippen LogP contribution in [0.15, 0.2) is 0 Å². The number of aliphatic hydroxyl groups is 4. The molecule has 0 aliphatic heterocycles. The molecule has 0 spiro atoms. The fraction of sp³-hybridized carbons (Fsp3) is 0.857. The molecular formula is C7H14O6. The summed E-state index contributed by atoms with van der Waals surface area (Å²) < 4.78 is 4.23. The van der Waals surface area contributed by atoms with Crippen molar-refractivity contribution in [3.05, 3.63) is 0 Å². The van der Waals surface area contributed by atoms with Gasteiger partial charge in [0.25, 0.3) is 0 Å².